The smallest absolute Gasteiger partial charge is 0.443 e. The molecule has 2 bridgehead atoms. The summed E-state index contributed by atoms with van der Waals surface area (Å²) in [5, 5.41) is 9.84. The number of hydrogen-bond acceptors (Lipinski definition) is 7. The van der Waals surface area contributed by atoms with Crippen molar-refractivity contribution in [3.05, 3.63) is 12.2 Å². The second kappa shape index (κ2) is 6.93. The van der Waals surface area contributed by atoms with E-state index >= 15 is 0 Å². The lowest BCUT2D eigenvalue weighted by Crippen LogP contribution is -2.55. The lowest BCUT2D eigenvalue weighted by Gasteiger charge is -2.47. The molecule has 2 aliphatic heterocycles. The minimum Gasteiger partial charge on any atom is -0.458 e. The van der Waals surface area contributed by atoms with E-state index < -0.39 is 65.8 Å². The molecule has 0 spiro atoms. The fraction of sp³-hybridized carbons (Fsp3) is 0.800. The number of ether oxygens (including phenoxy) is 4. The van der Waals surface area contributed by atoms with Crippen molar-refractivity contribution in [2.45, 2.75) is 88.8 Å². The molecule has 2 saturated heterocycles. The Labute approximate surface area is 172 Å². The lowest BCUT2D eigenvalue weighted by atomic mass is 9.64. The molecule has 0 radical (unpaired) electrons. The number of esters is 2. The van der Waals surface area contributed by atoms with Gasteiger partial charge in [-0.05, 0) is 40.5 Å². The van der Waals surface area contributed by atoms with Gasteiger partial charge in [0.2, 0.25) is 0 Å². The van der Waals surface area contributed by atoms with Crippen molar-refractivity contribution in [1.29, 1.82) is 0 Å². The molecule has 3 rings (SSSR count). The van der Waals surface area contributed by atoms with E-state index in [1.165, 1.54) is 13.8 Å². The Morgan fingerprint density at radius 3 is 2.50 bits per heavy atom. The summed E-state index contributed by atoms with van der Waals surface area (Å²) in [7, 11) is 0. The fourth-order valence-corrected chi connectivity index (χ4v) is 4.71. The van der Waals surface area contributed by atoms with Gasteiger partial charge >= 0.3 is 18.1 Å². The van der Waals surface area contributed by atoms with Gasteiger partial charge in [0, 0.05) is 18.4 Å². The Kier molecular flexibility index (Phi) is 5.32. The summed E-state index contributed by atoms with van der Waals surface area (Å²) < 4.78 is 61.0. The molecule has 1 aliphatic carbocycles. The van der Waals surface area contributed by atoms with Crippen LogP contribution < -0.4 is 0 Å². The lowest BCUT2D eigenvalue weighted by molar-refractivity contribution is -0.349. The maximum absolute atomic E-state index is 13.1. The normalized spacial score (nSPS) is 39.0. The number of fused-ring (bicyclic) bond motifs is 2. The Balaban J connectivity index is 1.76. The maximum atomic E-state index is 13.1. The van der Waals surface area contributed by atoms with Gasteiger partial charge in [-0.15, -0.1) is 0 Å². The van der Waals surface area contributed by atoms with Crippen molar-refractivity contribution >= 4 is 11.9 Å². The van der Waals surface area contributed by atoms with Gasteiger partial charge in [-0.3, -0.25) is 4.79 Å². The topological polar surface area (TPSA) is 91.3 Å². The summed E-state index contributed by atoms with van der Waals surface area (Å²) >= 11 is 0. The molecule has 0 aromatic rings. The number of hydrogen-bond donors (Lipinski definition) is 1. The molecule has 0 aromatic heterocycles. The molecule has 1 N–H and O–H groups in total. The van der Waals surface area contributed by atoms with E-state index in [-0.39, 0.29) is 18.4 Å². The van der Waals surface area contributed by atoms with Crippen LogP contribution in [-0.2, 0) is 28.5 Å². The molecule has 5 unspecified atom stereocenters. The zero-order valence-electron chi connectivity index (χ0n) is 17.4. The first-order valence-electron chi connectivity index (χ1n) is 9.75. The summed E-state index contributed by atoms with van der Waals surface area (Å²) in [5.74, 6) is -4.42. The molecule has 30 heavy (non-hydrogen) atoms. The number of rotatable bonds is 5. The second-order valence-corrected chi connectivity index (χ2v) is 9.30. The molecule has 0 aromatic carbocycles. The highest BCUT2D eigenvalue weighted by molar-refractivity contribution is 5.87. The number of carbonyl (C=O) groups is 2. The molecule has 170 valence electrons. The first-order chi connectivity index (χ1) is 13.5. The maximum Gasteiger partial charge on any atom is 0.443 e. The first kappa shape index (κ1) is 23.0. The van der Waals surface area contributed by atoms with Crippen molar-refractivity contribution in [3.63, 3.8) is 0 Å². The van der Waals surface area contributed by atoms with E-state index in [2.05, 4.69) is 11.3 Å². The number of alkyl halides is 3. The molecule has 0 amide bonds. The Bertz CT molecular complexity index is 764. The van der Waals surface area contributed by atoms with Gasteiger partial charge in [0.25, 0.3) is 5.79 Å². The average Bonchev–Trinajstić information content (AvgIpc) is 3.05. The van der Waals surface area contributed by atoms with Gasteiger partial charge in [-0.25, -0.2) is 4.79 Å². The zero-order valence-corrected chi connectivity index (χ0v) is 17.4. The molecular formula is C20H27F3O7. The minimum atomic E-state index is -4.97. The van der Waals surface area contributed by atoms with Crippen LogP contribution in [-0.4, -0.2) is 59.0 Å². The van der Waals surface area contributed by atoms with Gasteiger partial charge in [-0.1, -0.05) is 6.58 Å². The van der Waals surface area contributed by atoms with Crippen LogP contribution in [0.3, 0.4) is 0 Å². The van der Waals surface area contributed by atoms with E-state index in [1.807, 2.05) is 0 Å². The van der Waals surface area contributed by atoms with Gasteiger partial charge in [-0.2, -0.15) is 13.2 Å². The molecule has 5 atom stereocenters. The predicted molar refractivity (Wildman–Crippen MR) is 96.0 cm³/mol. The van der Waals surface area contributed by atoms with Crippen molar-refractivity contribution in [2.75, 3.05) is 6.61 Å². The fourth-order valence-electron chi connectivity index (χ4n) is 4.71. The van der Waals surface area contributed by atoms with Crippen LogP contribution in [0, 0.1) is 5.41 Å². The predicted octanol–water partition coefficient (Wildman–Crippen LogP) is 2.80. The highest BCUT2D eigenvalue weighted by atomic mass is 19.4. The van der Waals surface area contributed by atoms with Gasteiger partial charge in [0.05, 0.1) is 17.8 Å². The van der Waals surface area contributed by atoms with Gasteiger partial charge in [0.1, 0.15) is 17.6 Å². The van der Waals surface area contributed by atoms with Crippen LogP contribution in [0.5, 0.6) is 0 Å². The van der Waals surface area contributed by atoms with Gasteiger partial charge < -0.3 is 24.1 Å². The third-order valence-electron chi connectivity index (χ3n) is 6.40. The summed E-state index contributed by atoms with van der Waals surface area (Å²) in [5.41, 5.74) is -3.58. The minimum absolute atomic E-state index is 0.202. The Morgan fingerprint density at radius 2 is 1.97 bits per heavy atom. The van der Waals surface area contributed by atoms with Crippen LogP contribution in [0.4, 0.5) is 13.2 Å². The summed E-state index contributed by atoms with van der Waals surface area (Å²) in [6.07, 6.45) is -6.28. The third kappa shape index (κ3) is 3.62. The molecule has 2 heterocycles. The quantitative estimate of drug-likeness (QED) is 0.523. The van der Waals surface area contributed by atoms with Gasteiger partial charge in [0.15, 0.2) is 0 Å². The highest BCUT2D eigenvalue weighted by Gasteiger charge is 2.67. The molecule has 10 heteroatoms. The largest absolute Gasteiger partial charge is 0.458 e. The SMILES string of the molecule is C=C(C)C(=O)OC1CCC2(C(C)(C)OC3(C)COC(O)(C(F)(F)F)C3)CC1OC2=O. The summed E-state index contributed by atoms with van der Waals surface area (Å²) in [6.45, 7) is 9.20. The summed E-state index contributed by atoms with van der Waals surface area (Å²) in [4.78, 5) is 24.7. The molecule has 3 aliphatic rings. The average molecular weight is 436 g/mol. The summed E-state index contributed by atoms with van der Waals surface area (Å²) in [6, 6.07) is 0. The van der Waals surface area contributed by atoms with Crippen LogP contribution >= 0.6 is 0 Å². The third-order valence-corrected chi connectivity index (χ3v) is 6.40. The van der Waals surface area contributed by atoms with Crippen molar-refractivity contribution < 1.29 is 46.8 Å². The molecule has 3 fully saturated rings. The van der Waals surface area contributed by atoms with E-state index in [0.29, 0.717) is 6.42 Å². The zero-order chi connectivity index (χ0) is 22.8. The second-order valence-electron chi connectivity index (χ2n) is 9.30. The molecule has 7 nitrogen and oxygen atoms in total. The van der Waals surface area contributed by atoms with Crippen molar-refractivity contribution in [1.82, 2.24) is 0 Å². The van der Waals surface area contributed by atoms with E-state index in [1.54, 1.807) is 13.8 Å². The van der Waals surface area contributed by atoms with Crippen molar-refractivity contribution in [2.24, 2.45) is 5.41 Å². The molecule has 1 saturated carbocycles. The molecular weight excluding hydrogens is 409 g/mol. The van der Waals surface area contributed by atoms with Crippen LogP contribution in [0.1, 0.15) is 53.4 Å². The number of aliphatic hydroxyl groups is 1. The van der Waals surface area contributed by atoms with E-state index in [4.69, 9.17) is 14.2 Å². The standard InChI is InChI=1S/C20H27F3O7/c1-11(2)14(24)28-12-6-7-18(8-13(12)29-15(18)25)16(3,4)30-17(5)9-19(26,27-10-17)20(21,22)23/h12-13,26H,1,6-10H2,2-5H3. The highest BCUT2D eigenvalue weighted by Crippen LogP contribution is 2.56. The Hall–Kier alpha value is -1.65. The first-order valence-corrected chi connectivity index (χ1v) is 9.75. The van der Waals surface area contributed by atoms with E-state index in [0.717, 1.165) is 0 Å². The number of carbonyl (C=O) groups excluding carboxylic acids is 2. The van der Waals surface area contributed by atoms with Crippen LogP contribution in [0.15, 0.2) is 12.2 Å². The van der Waals surface area contributed by atoms with Crippen LogP contribution in [0.25, 0.3) is 0 Å². The van der Waals surface area contributed by atoms with E-state index in [9.17, 15) is 27.9 Å². The number of halogens is 3. The monoisotopic (exact) mass is 436 g/mol. The van der Waals surface area contributed by atoms with Crippen molar-refractivity contribution in [3.8, 4) is 0 Å². The Morgan fingerprint density at radius 1 is 1.33 bits per heavy atom. The van der Waals surface area contributed by atoms with Crippen LogP contribution in [0.2, 0.25) is 0 Å².